The Hall–Kier alpha value is -3.37. The van der Waals surface area contributed by atoms with Crippen LogP contribution in [0.2, 0.25) is 0 Å². The van der Waals surface area contributed by atoms with E-state index in [1.54, 1.807) is 0 Å². The van der Waals surface area contributed by atoms with Gasteiger partial charge in [0.15, 0.2) is 0 Å². The van der Waals surface area contributed by atoms with Gasteiger partial charge in [-0.15, -0.1) is 0 Å². The molecule has 3 aromatic carbocycles. The van der Waals surface area contributed by atoms with Crippen molar-refractivity contribution in [3.63, 3.8) is 0 Å². The first-order valence-corrected chi connectivity index (χ1v) is 11.0. The van der Waals surface area contributed by atoms with Crippen LogP contribution in [0.4, 0.5) is 0 Å². The zero-order valence-corrected chi connectivity index (χ0v) is 17.6. The van der Waals surface area contributed by atoms with Gasteiger partial charge < -0.3 is 9.88 Å². The van der Waals surface area contributed by atoms with Crippen molar-refractivity contribution in [3.8, 4) is 0 Å². The van der Waals surface area contributed by atoms with Crippen molar-refractivity contribution in [1.29, 1.82) is 0 Å². The number of carbonyl (C=O) groups excluding carboxylic acids is 1. The van der Waals surface area contributed by atoms with Crippen LogP contribution in [0.3, 0.4) is 0 Å². The van der Waals surface area contributed by atoms with E-state index in [1.807, 2.05) is 30.3 Å². The highest BCUT2D eigenvalue weighted by Gasteiger charge is 2.31. The highest BCUT2D eigenvalue weighted by molar-refractivity contribution is 5.94. The quantitative estimate of drug-likeness (QED) is 0.517. The number of nitrogens with one attached hydrogen (secondary N) is 1. The fourth-order valence-electron chi connectivity index (χ4n) is 4.65. The number of nitrogens with zero attached hydrogens (tertiary/aromatic N) is 2. The van der Waals surface area contributed by atoms with Gasteiger partial charge in [0.25, 0.3) is 5.91 Å². The van der Waals surface area contributed by atoms with E-state index in [2.05, 4.69) is 75.6 Å². The van der Waals surface area contributed by atoms with Crippen molar-refractivity contribution in [2.24, 2.45) is 0 Å². The van der Waals surface area contributed by atoms with E-state index in [0.717, 1.165) is 43.7 Å². The molecule has 0 unspecified atom stereocenters. The van der Waals surface area contributed by atoms with Gasteiger partial charge in [0, 0.05) is 54.9 Å². The second-order valence-electron chi connectivity index (χ2n) is 8.30. The summed E-state index contributed by atoms with van der Waals surface area (Å²) >= 11 is 0. The molecule has 0 bridgehead atoms. The number of amides is 1. The van der Waals surface area contributed by atoms with Gasteiger partial charge in [0.2, 0.25) is 0 Å². The van der Waals surface area contributed by atoms with E-state index in [1.165, 1.54) is 16.5 Å². The van der Waals surface area contributed by atoms with E-state index in [4.69, 9.17) is 0 Å². The molecule has 1 amide bonds. The van der Waals surface area contributed by atoms with Crippen molar-refractivity contribution in [3.05, 3.63) is 108 Å². The van der Waals surface area contributed by atoms with Gasteiger partial charge in [-0.1, -0.05) is 66.7 Å². The maximum absolute atomic E-state index is 13.4. The monoisotopic (exact) mass is 409 g/mol. The Morgan fingerprint density at radius 1 is 0.871 bits per heavy atom. The molecule has 2 heterocycles. The van der Waals surface area contributed by atoms with Crippen LogP contribution in [0, 0.1) is 0 Å². The fraction of sp³-hybridized carbons (Fsp3) is 0.222. The van der Waals surface area contributed by atoms with Gasteiger partial charge in [0.05, 0.1) is 0 Å². The summed E-state index contributed by atoms with van der Waals surface area (Å²) in [4.78, 5) is 21.3. The lowest BCUT2D eigenvalue weighted by Gasteiger charge is -2.41. The van der Waals surface area contributed by atoms with Gasteiger partial charge >= 0.3 is 0 Å². The van der Waals surface area contributed by atoms with Gasteiger partial charge in [-0.3, -0.25) is 9.69 Å². The Labute approximate surface area is 183 Å². The summed E-state index contributed by atoms with van der Waals surface area (Å²) in [5.74, 6) is 0.129. The number of carbonyl (C=O) groups is 1. The maximum Gasteiger partial charge on any atom is 0.254 e. The molecule has 0 saturated carbocycles. The second-order valence-corrected chi connectivity index (χ2v) is 8.30. The smallest absolute Gasteiger partial charge is 0.254 e. The Balaban J connectivity index is 1.41. The number of piperazine rings is 1. The second kappa shape index (κ2) is 8.78. The zero-order chi connectivity index (χ0) is 21.0. The number of benzene rings is 3. The van der Waals surface area contributed by atoms with Gasteiger partial charge in [-0.2, -0.15) is 0 Å². The molecule has 1 saturated heterocycles. The van der Waals surface area contributed by atoms with Crippen LogP contribution in [0.1, 0.15) is 21.5 Å². The topological polar surface area (TPSA) is 39.3 Å². The molecule has 1 N–H and O–H groups in total. The number of para-hydroxylation sites is 1. The molecule has 4 nitrogen and oxygen atoms in total. The molecule has 31 heavy (non-hydrogen) atoms. The SMILES string of the molecule is O=C(c1ccccc1)N1CCN(Cc2ccccc2)C[C@H]1Cc1c[nH]c2ccccc12. The number of aromatic amines is 1. The normalized spacial score (nSPS) is 17.2. The van der Waals surface area contributed by atoms with E-state index in [-0.39, 0.29) is 11.9 Å². The molecule has 5 rings (SSSR count). The summed E-state index contributed by atoms with van der Waals surface area (Å²) in [5.41, 5.74) is 4.50. The molecular weight excluding hydrogens is 382 g/mol. The first-order chi connectivity index (χ1) is 15.3. The Morgan fingerprint density at radius 3 is 2.39 bits per heavy atom. The lowest BCUT2D eigenvalue weighted by Crippen LogP contribution is -2.55. The molecule has 1 aliphatic rings. The average molecular weight is 410 g/mol. The molecule has 1 aliphatic heterocycles. The lowest BCUT2D eigenvalue weighted by atomic mass is 10.00. The van der Waals surface area contributed by atoms with Crippen molar-refractivity contribution in [2.45, 2.75) is 19.0 Å². The predicted octanol–water partition coefficient (Wildman–Crippen LogP) is 4.74. The summed E-state index contributed by atoms with van der Waals surface area (Å²) in [7, 11) is 0. The molecule has 0 aliphatic carbocycles. The predicted molar refractivity (Wildman–Crippen MR) is 125 cm³/mol. The highest BCUT2D eigenvalue weighted by atomic mass is 16.2. The Morgan fingerprint density at radius 2 is 1.58 bits per heavy atom. The van der Waals surface area contributed by atoms with Crippen molar-refractivity contribution in [1.82, 2.24) is 14.8 Å². The highest BCUT2D eigenvalue weighted by Crippen LogP contribution is 2.24. The number of fused-ring (bicyclic) bond motifs is 1. The molecule has 1 fully saturated rings. The molecular formula is C27H27N3O. The molecule has 1 aromatic heterocycles. The fourth-order valence-corrected chi connectivity index (χ4v) is 4.65. The summed E-state index contributed by atoms with van der Waals surface area (Å²) in [6, 6.07) is 28.8. The molecule has 0 spiro atoms. The van der Waals surface area contributed by atoms with Crippen molar-refractivity contribution in [2.75, 3.05) is 19.6 Å². The average Bonchev–Trinajstić information content (AvgIpc) is 3.23. The minimum Gasteiger partial charge on any atom is -0.361 e. The van der Waals surface area contributed by atoms with Crippen LogP contribution >= 0.6 is 0 Å². The van der Waals surface area contributed by atoms with E-state index >= 15 is 0 Å². The van der Waals surface area contributed by atoms with E-state index in [0.29, 0.717) is 0 Å². The standard InChI is InChI=1S/C27H27N3O/c31-27(22-11-5-2-6-12-22)30-16-15-29(19-21-9-3-1-4-10-21)20-24(30)17-23-18-28-26-14-8-7-13-25(23)26/h1-14,18,24,28H,15-17,19-20H2/t24-/m1/s1. The van der Waals surface area contributed by atoms with Crippen LogP contribution in [-0.2, 0) is 13.0 Å². The van der Waals surface area contributed by atoms with Crippen LogP contribution in [0.15, 0.2) is 91.1 Å². The van der Waals surface area contributed by atoms with E-state index in [9.17, 15) is 4.79 Å². The Kier molecular flexibility index (Phi) is 5.55. The Bertz CT molecular complexity index is 1150. The van der Waals surface area contributed by atoms with Gasteiger partial charge in [0.1, 0.15) is 0 Å². The minimum atomic E-state index is 0.129. The maximum atomic E-state index is 13.4. The molecule has 156 valence electrons. The third-order valence-corrected chi connectivity index (χ3v) is 6.23. The summed E-state index contributed by atoms with van der Waals surface area (Å²) in [6.07, 6.45) is 2.94. The largest absolute Gasteiger partial charge is 0.361 e. The van der Waals surface area contributed by atoms with Crippen LogP contribution in [-0.4, -0.2) is 46.4 Å². The van der Waals surface area contributed by atoms with Crippen molar-refractivity contribution < 1.29 is 4.79 Å². The summed E-state index contributed by atoms with van der Waals surface area (Å²) < 4.78 is 0. The van der Waals surface area contributed by atoms with Crippen LogP contribution in [0.5, 0.6) is 0 Å². The van der Waals surface area contributed by atoms with Crippen LogP contribution in [0.25, 0.3) is 10.9 Å². The van der Waals surface area contributed by atoms with Crippen molar-refractivity contribution >= 4 is 16.8 Å². The third-order valence-electron chi connectivity index (χ3n) is 6.23. The number of H-pyrrole nitrogens is 1. The number of hydrogen-bond acceptors (Lipinski definition) is 2. The molecule has 4 heteroatoms. The lowest BCUT2D eigenvalue weighted by molar-refractivity contribution is 0.0439. The summed E-state index contributed by atoms with van der Waals surface area (Å²) in [6.45, 7) is 3.41. The number of hydrogen-bond donors (Lipinski definition) is 1. The first kappa shape index (κ1) is 19.6. The van der Waals surface area contributed by atoms with Gasteiger partial charge in [-0.25, -0.2) is 0 Å². The van der Waals surface area contributed by atoms with Gasteiger partial charge in [-0.05, 0) is 35.7 Å². The summed E-state index contributed by atoms with van der Waals surface area (Å²) in [5, 5.41) is 1.25. The minimum absolute atomic E-state index is 0.129. The molecule has 4 aromatic rings. The van der Waals surface area contributed by atoms with Crippen LogP contribution < -0.4 is 0 Å². The molecule has 1 atom stereocenters. The molecule has 0 radical (unpaired) electrons. The third kappa shape index (κ3) is 4.25. The zero-order valence-electron chi connectivity index (χ0n) is 17.6. The number of rotatable bonds is 5. The first-order valence-electron chi connectivity index (χ1n) is 11.0. The van der Waals surface area contributed by atoms with E-state index < -0.39 is 0 Å². The number of aromatic nitrogens is 1.